The summed E-state index contributed by atoms with van der Waals surface area (Å²) in [6, 6.07) is 1.68. The largest absolute Gasteiger partial charge is 0.478 e. The van der Waals surface area contributed by atoms with Crippen LogP contribution in [0.15, 0.2) is 18.5 Å². The third-order valence-corrected chi connectivity index (χ3v) is 3.62. The van der Waals surface area contributed by atoms with Crippen LogP contribution in [-0.4, -0.2) is 58.3 Å². The van der Waals surface area contributed by atoms with E-state index in [1.165, 1.54) is 6.20 Å². The van der Waals surface area contributed by atoms with Crippen molar-refractivity contribution in [1.29, 1.82) is 0 Å². The van der Waals surface area contributed by atoms with Gasteiger partial charge in [-0.05, 0) is 33.8 Å². The number of anilines is 1. The lowest BCUT2D eigenvalue weighted by Crippen LogP contribution is -2.54. The molecule has 1 aromatic heterocycles. The van der Waals surface area contributed by atoms with Crippen LogP contribution in [0.25, 0.3) is 0 Å². The molecule has 1 unspecified atom stereocenters. The average molecular weight is 321 g/mol. The SMILES string of the molecule is CC1CN(C(=O)OC(C)(C)C)CCN1c1ccncc1C(=O)O. The monoisotopic (exact) mass is 321 g/mol. The molecule has 1 aliphatic rings. The molecule has 0 aliphatic carbocycles. The summed E-state index contributed by atoms with van der Waals surface area (Å²) in [7, 11) is 0. The standard InChI is InChI=1S/C16H23N3O4/c1-11-10-18(15(22)23-16(2,3)4)7-8-19(11)13-5-6-17-9-12(13)14(20)21/h5-6,9,11H,7-8,10H2,1-4H3,(H,20,21). The Bertz CT molecular complexity index is 597. The van der Waals surface area contributed by atoms with Crippen LogP contribution < -0.4 is 4.90 Å². The third kappa shape index (κ3) is 4.12. The van der Waals surface area contributed by atoms with E-state index < -0.39 is 11.6 Å². The number of ether oxygens (including phenoxy) is 1. The predicted octanol–water partition coefficient (Wildman–Crippen LogP) is 2.23. The second kappa shape index (κ2) is 6.44. The summed E-state index contributed by atoms with van der Waals surface area (Å²) in [5.41, 5.74) is 0.271. The molecule has 1 fully saturated rings. The molecular formula is C16H23N3O4. The zero-order chi connectivity index (χ0) is 17.2. The Balaban J connectivity index is 2.11. The quantitative estimate of drug-likeness (QED) is 0.899. The van der Waals surface area contributed by atoms with Gasteiger partial charge in [-0.1, -0.05) is 0 Å². The fourth-order valence-corrected chi connectivity index (χ4v) is 2.61. The number of hydrogen-bond acceptors (Lipinski definition) is 5. The normalized spacial score (nSPS) is 18.7. The molecule has 1 saturated heterocycles. The van der Waals surface area contributed by atoms with Gasteiger partial charge in [0.25, 0.3) is 0 Å². The Morgan fingerprint density at radius 1 is 1.35 bits per heavy atom. The van der Waals surface area contributed by atoms with Gasteiger partial charge in [-0.15, -0.1) is 0 Å². The molecule has 126 valence electrons. The average Bonchev–Trinajstić information content (AvgIpc) is 2.45. The van der Waals surface area contributed by atoms with E-state index in [4.69, 9.17) is 4.74 Å². The molecule has 0 aromatic carbocycles. The smallest absolute Gasteiger partial charge is 0.410 e. The number of carbonyl (C=O) groups excluding carboxylic acids is 1. The zero-order valence-electron chi connectivity index (χ0n) is 13.9. The number of aromatic nitrogens is 1. The minimum Gasteiger partial charge on any atom is -0.478 e. The van der Waals surface area contributed by atoms with Gasteiger partial charge in [0.1, 0.15) is 11.2 Å². The molecule has 7 heteroatoms. The molecule has 1 atom stereocenters. The van der Waals surface area contributed by atoms with Gasteiger partial charge in [0.2, 0.25) is 0 Å². The van der Waals surface area contributed by atoms with Gasteiger partial charge in [-0.2, -0.15) is 0 Å². The van der Waals surface area contributed by atoms with Gasteiger partial charge >= 0.3 is 12.1 Å². The van der Waals surface area contributed by atoms with Crippen molar-refractivity contribution in [2.24, 2.45) is 0 Å². The maximum Gasteiger partial charge on any atom is 0.410 e. The fraction of sp³-hybridized carbons (Fsp3) is 0.562. The molecule has 0 spiro atoms. The highest BCUT2D eigenvalue weighted by Gasteiger charge is 2.31. The summed E-state index contributed by atoms with van der Waals surface area (Å²) in [4.78, 5) is 31.0. The molecule has 2 rings (SSSR count). The molecule has 1 aliphatic heterocycles. The number of pyridine rings is 1. The Morgan fingerprint density at radius 2 is 2.04 bits per heavy atom. The van der Waals surface area contributed by atoms with Crippen LogP contribution in [0.2, 0.25) is 0 Å². The summed E-state index contributed by atoms with van der Waals surface area (Å²) in [5, 5.41) is 9.30. The molecule has 0 bridgehead atoms. The van der Waals surface area contributed by atoms with E-state index >= 15 is 0 Å². The number of piperazine rings is 1. The van der Waals surface area contributed by atoms with Crippen molar-refractivity contribution in [1.82, 2.24) is 9.88 Å². The van der Waals surface area contributed by atoms with Crippen LogP contribution in [-0.2, 0) is 4.74 Å². The summed E-state index contributed by atoms with van der Waals surface area (Å²) in [6.45, 7) is 8.98. The molecule has 1 amide bonds. The van der Waals surface area contributed by atoms with Gasteiger partial charge in [-0.25, -0.2) is 9.59 Å². The highest BCUT2D eigenvalue weighted by atomic mass is 16.6. The van der Waals surface area contributed by atoms with E-state index in [2.05, 4.69) is 4.98 Å². The molecule has 7 nitrogen and oxygen atoms in total. The first-order valence-corrected chi connectivity index (χ1v) is 7.61. The molecule has 1 aromatic rings. The van der Waals surface area contributed by atoms with Gasteiger partial charge in [-0.3, -0.25) is 4.98 Å². The van der Waals surface area contributed by atoms with Gasteiger partial charge in [0.15, 0.2) is 0 Å². The van der Waals surface area contributed by atoms with Crippen molar-refractivity contribution in [3.8, 4) is 0 Å². The van der Waals surface area contributed by atoms with E-state index in [0.717, 1.165) is 0 Å². The molecule has 1 N–H and O–H groups in total. The summed E-state index contributed by atoms with van der Waals surface area (Å²) in [6.07, 6.45) is 2.59. The highest BCUT2D eigenvalue weighted by molar-refractivity contribution is 5.94. The van der Waals surface area contributed by atoms with Gasteiger partial charge in [0.05, 0.1) is 5.69 Å². The van der Waals surface area contributed by atoms with Crippen LogP contribution in [0.4, 0.5) is 10.5 Å². The predicted molar refractivity (Wildman–Crippen MR) is 85.8 cm³/mol. The number of rotatable bonds is 2. The van der Waals surface area contributed by atoms with Crippen LogP contribution >= 0.6 is 0 Å². The van der Waals surface area contributed by atoms with Gasteiger partial charge < -0.3 is 19.6 Å². The number of aromatic carboxylic acids is 1. The number of carboxylic acid groups (broad SMARTS) is 1. The van der Waals surface area contributed by atoms with E-state index in [1.54, 1.807) is 17.2 Å². The number of nitrogens with zero attached hydrogens (tertiary/aromatic N) is 3. The third-order valence-electron chi connectivity index (χ3n) is 3.62. The number of hydrogen-bond donors (Lipinski definition) is 1. The van der Waals surface area contributed by atoms with Gasteiger partial charge in [0, 0.05) is 38.1 Å². The molecule has 23 heavy (non-hydrogen) atoms. The van der Waals surface area contributed by atoms with Crippen molar-refractivity contribution in [2.45, 2.75) is 39.3 Å². The second-order valence-electron chi connectivity index (χ2n) is 6.67. The Kier molecular flexibility index (Phi) is 4.77. The molecule has 2 heterocycles. The second-order valence-corrected chi connectivity index (χ2v) is 6.67. The van der Waals surface area contributed by atoms with Crippen molar-refractivity contribution in [2.75, 3.05) is 24.5 Å². The van der Waals surface area contributed by atoms with Crippen molar-refractivity contribution >= 4 is 17.7 Å². The Hall–Kier alpha value is -2.31. The van der Waals surface area contributed by atoms with E-state index in [0.29, 0.717) is 25.3 Å². The fourth-order valence-electron chi connectivity index (χ4n) is 2.61. The number of carbonyl (C=O) groups is 2. The van der Waals surface area contributed by atoms with E-state index in [1.807, 2.05) is 32.6 Å². The van der Waals surface area contributed by atoms with Crippen LogP contribution in [0.5, 0.6) is 0 Å². The van der Waals surface area contributed by atoms with Crippen molar-refractivity contribution in [3.63, 3.8) is 0 Å². The number of amides is 1. The van der Waals surface area contributed by atoms with Crippen molar-refractivity contribution in [3.05, 3.63) is 24.0 Å². The Morgan fingerprint density at radius 3 is 2.61 bits per heavy atom. The molecule has 0 saturated carbocycles. The maximum atomic E-state index is 12.2. The summed E-state index contributed by atoms with van der Waals surface area (Å²) < 4.78 is 5.39. The first-order valence-electron chi connectivity index (χ1n) is 7.61. The molecule has 0 radical (unpaired) electrons. The lowest BCUT2D eigenvalue weighted by atomic mass is 10.1. The minimum atomic E-state index is -1.00. The Labute approximate surface area is 135 Å². The minimum absolute atomic E-state index is 0.0169. The summed E-state index contributed by atoms with van der Waals surface area (Å²) in [5.74, 6) is -1.00. The highest BCUT2D eigenvalue weighted by Crippen LogP contribution is 2.25. The summed E-state index contributed by atoms with van der Waals surface area (Å²) >= 11 is 0. The first-order chi connectivity index (χ1) is 10.7. The van der Waals surface area contributed by atoms with Crippen LogP contribution in [0.3, 0.4) is 0 Å². The van der Waals surface area contributed by atoms with E-state index in [9.17, 15) is 14.7 Å². The lowest BCUT2D eigenvalue weighted by Gasteiger charge is -2.41. The first kappa shape index (κ1) is 17.1. The topological polar surface area (TPSA) is 83.0 Å². The zero-order valence-corrected chi connectivity index (χ0v) is 13.9. The number of carboxylic acids is 1. The van der Waals surface area contributed by atoms with Crippen LogP contribution in [0.1, 0.15) is 38.1 Å². The van der Waals surface area contributed by atoms with E-state index in [-0.39, 0.29) is 17.7 Å². The van der Waals surface area contributed by atoms with Crippen LogP contribution in [0, 0.1) is 0 Å². The van der Waals surface area contributed by atoms with Crippen molar-refractivity contribution < 1.29 is 19.4 Å². The lowest BCUT2D eigenvalue weighted by molar-refractivity contribution is 0.0218. The molecular weight excluding hydrogens is 298 g/mol. The maximum absolute atomic E-state index is 12.2.